The Morgan fingerprint density at radius 1 is 1.18 bits per heavy atom. The minimum absolute atomic E-state index is 0.0339. The van der Waals surface area contributed by atoms with Gasteiger partial charge in [0, 0.05) is 18.3 Å². The normalized spacial score (nSPS) is 16.1. The van der Waals surface area contributed by atoms with Gasteiger partial charge in [-0.05, 0) is 31.9 Å². The van der Waals surface area contributed by atoms with Gasteiger partial charge in [0.15, 0.2) is 0 Å². The molecule has 0 aromatic heterocycles. The van der Waals surface area contributed by atoms with E-state index in [9.17, 15) is 13.2 Å². The van der Waals surface area contributed by atoms with Crippen molar-refractivity contribution in [3.05, 3.63) is 30.3 Å². The highest BCUT2D eigenvalue weighted by molar-refractivity contribution is 7.88. The van der Waals surface area contributed by atoms with E-state index in [-0.39, 0.29) is 18.5 Å². The monoisotopic (exact) mass is 324 g/mol. The van der Waals surface area contributed by atoms with Crippen LogP contribution in [0.5, 0.6) is 0 Å². The summed E-state index contributed by atoms with van der Waals surface area (Å²) >= 11 is 0. The summed E-state index contributed by atoms with van der Waals surface area (Å²) < 4.78 is 25.5. The second-order valence-corrected chi connectivity index (χ2v) is 7.66. The number of carbonyl (C=O) groups is 1. The van der Waals surface area contributed by atoms with E-state index in [0.29, 0.717) is 6.54 Å². The van der Waals surface area contributed by atoms with Crippen LogP contribution in [0.15, 0.2) is 30.3 Å². The third-order valence-corrected chi connectivity index (χ3v) is 5.41. The summed E-state index contributed by atoms with van der Waals surface area (Å²) in [6, 6.07) is 9.33. The van der Waals surface area contributed by atoms with E-state index in [2.05, 4.69) is 0 Å². The van der Waals surface area contributed by atoms with E-state index in [1.54, 1.807) is 4.90 Å². The van der Waals surface area contributed by atoms with Gasteiger partial charge < -0.3 is 4.90 Å². The highest BCUT2D eigenvalue weighted by Gasteiger charge is 2.32. The van der Waals surface area contributed by atoms with Gasteiger partial charge in [0.05, 0.1) is 12.8 Å². The second-order valence-electron chi connectivity index (χ2n) is 5.72. The maximum Gasteiger partial charge on any atom is 0.242 e. The Morgan fingerprint density at radius 3 is 2.27 bits per heavy atom. The van der Waals surface area contributed by atoms with Crippen LogP contribution in [0.25, 0.3) is 0 Å². The molecule has 1 fully saturated rings. The Balaban J connectivity index is 2.16. The van der Waals surface area contributed by atoms with Crippen LogP contribution in [0.1, 0.15) is 32.6 Å². The van der Waals surface area contributed by atoms with Crippen molar-refractivity contribution in [2.45, 2.75) is 38.6 Å². The van der Waals surface area contributed by atoms with Crippen molar-refractivity contribution in [3.8, 4) is 0 Å². The molecule has 0 aliphatic heterocycles. The number of carbonyl (C=O) groups excluding carboxylic acids is 1. The Morgan fingerprint density at radius 2 is 1.77 bits per heavy atom. The predicted octanol–water partition coefficient (Wildman–Crippen LogP) is 2.24. The van der Waals surface area contributed by atoms with Gasteiger partial charge in [-0.2, -0.15) is 4.31 Å². The zero-order valence-corrected chi connectivity index (χ0v) is 14.1. The number of amides is 1. The molecule has 2 rings (SSSR count). The average Bonchev–Trinajstić information content (AvgIpc) is 2.99. The summed E-state index contributed by atoms with van der Waals surface area (Å²) in [6.07, 6.45) is 4.94. The van der Waals surface area contributed by atoms with Crippen LogP contribution >= 0.6 is 0 Å². The van der Waals surface area contributed by atoms with Crippen LogP contribution in [0.4, 0.5) is 5.69 Å². The number of benzene rings is 1. The molecule has 22 heavy (non-hydrogen) atoms. The number of hydrogen-bond acceptors (Lipinski definition) is 3. The van der Waals surface area contributed by atoms with Crippen LogP contribution in [0.2, 0.25) is 0 Å². The van der Waals surface area contributed by atoms with Crippen molar-refractivity contribution in [2.24, 2.45) is 0 Å². The summed E-state index contributed by atoms with van der Waals surface area (Å²) in [4.78, 5) is 14.2. The van der Waals surface area contributed by atoms with E-state index in [4.69, 9.17) is 0 Å². The Labute approximate surface area is 133 Å². The number of nitrogens with zero attached hydrogens (tertiary/aromatic N) is 2. The molecule has 0 N–H and O–H groups in total. The third-order valence-electron chi connectivity index (χ3n) is 4.13. The first kappa shape index (κ1) is 17.0. The molecule has 0 spiro atoms. The van der Waals surface area contributed by atoms with Crippen LogP contribution in [-0.2, 0) is 14.8 Å². The SMILES string of the molecule is CCN(C(=O)CN(C1CCCC1)S(C)(=O)=O)c1ccccc1. The Kier molecular flexibility index (Phi) is 5.58. The first-order valence-electron chi connectivity index (χ1n) is 7.75. The number of para-hydroxylation sites is 1. The molecule has 5 nitrogen and oxygen atoms in total. The van der Waals surface area contributed by atoms with Gasteiger partial charge in [0.1, 0.15) is 0 Å². The molecule has 1 aliphatic rings. The summed E-state index contributed by atoms with van der Waals surface area (Å²) in [5.74, 6) is -0.175. The van der Waals surface area contributed by atoms with Crippen molar-refractivity contribution in [3.63, 3.8) is 0 Å². The number of sulfonamides is 1. The lowest BCUT2D eigenvalue weighted by molar-refractivity contribution is -0.119. The smallest absolute Gasteiger partial charge is 0.242 e. The highest BCUT2D eigenvalue weighted by atomic mass is 32.2. The van der Waals surface area contributed by atoms with E-state index < -0.39 is 10.0 Å². The van der Waals surface area contributed by atoms with Gasteiger partial charge in [-0.1, -0.05) is 31.0 Å². The maximum absolute atomic E-state index is 12.6. The van der Waals surface area contributed by atoms with Crippen molar-refractivity contribution in [1.29, 1.82) is 0 Å². The zero-order chi connectivity index (χ0) is 16.2. The molecule has 0 atom stereocenters. The first-order chi connectivity index (χ1) is 10.4. The van der Waals surface area contributed by atoms with Crippen molar-refractivity contribution >= 4 is 21.6 Å². The molecule has 1 saturated carbocycles. The second kappa shape index (κ2) is 7.24. The molecular formula is C16H24N2O3S. The lowest BCUT2D eigenvalue weighted by Gasteiger charge is -2.29. The van der Waals surface area contributed by atoms with Crippen LogP contribution in [0.3, 0.4) is 0 Å². The molecule has 1 amide bonds. The number of hydrogen-bond donors (Lipinski definition) is 0. The van der Waals surface area contributed by atoms with Gasteiger partial charge >= 0.3 is 0 Å². The standard InChI is InChI=1S/C16H24N2O3S/c1-3-17(14-9-5-4-6-10-14)16(19)13-18(22(2,20)21)15-11-7-8-12-15/h4-6,9-10,15H,3,7-8,11-13H2,1-2H3. The quantitative estimate of drug-likeness (QED) is 0.806. The fraction of sp³-hybridized carbons (Fsp3) is 0.562. The summed E-state index contributed by atoms with van der Waals surface area (Å²) in [5, 5.41) is 0. The largest absolute Gasteiger partial charge is 0.312 e. The fourth-order valence-corrected chi connectivity index (χ4v) is 4.14. The fourth-order valence-electron chi connectivity index (χ4n) is 3.04. The van der Waals surface area contributed by atoms with Crippen molar-refractivity contribution in [2.75, 3.05) is 24.2 Å². The van der Waals surface area contributed by atoms with E-state index in [1.165, 1.54) is 10.6 Å². The molecule has 1 aromatic rings. The Bertz CT molecular complexity index is 595. The highest BCUT2D eigenvalue weighted by Crippen LogP contribution is 2.25. The van der Waals surface area contributed by atoms with Gasteiger partial charge in [-0.3, -0.25) is 4.79 Å². The lowest BCUT2D eigenvalue weighted by atomic mass is 10.2. The van der Waals surface area contributed by atoms with Crippen molar-refractivity contribution < 1.29 is 13.2 Å². The molecule has 0 unspecified atom stereocenters. The molecule has 122 valence electrons. The number of likely N-dealkylation sites (N-methyl/N-ethyl adjacent to an activating group) is 1. The van der Waals surface area contributed by atoms with Gasteiger partial charge in [-0.25, -0.2) is 8.42 Å². The van der Waals surface area contributed by atoms with Gasteiger partial charge in [0.2, 0.25) is 15.9 Å². The number of anilines is 1. The molecule has 0 saturated heterocycles. The predicted molar refractivity (Wildman–Crippen MR) is 88.3 cm³/mol. The third kappa shape index (κ3) is 4.08. The maximum atomic E-state index is 12.6. The summed E-state index contributed by atoms with van der Waals surface area (Å²) in [7, 11) is -3.38. The minimum Gasteiger partial charge on any atom is -0.312 e. The molecule has 1 aliphatic carbocycles. The molecular weight excluding hydrogens is 300 g/mol. The zero-order valence-electron chi connectivity index (χ0n) is 13.2. The average molecular weight is 324 g/mol. The van der Waals surface area contributed by atoms with Gasteiger partial charge in [-0.15, -0.1) is 0 Å². The molecule has 0 heterocycles. The Hall–Kier alpha value is -1.40. The van der Waals surface area contributed by atoms with E-state index in [1.807, 2.05) is 37.3 Å². The van der Waals surface area contributed by atoms with Crippen molar-refractivity contribution in [1.82, 2.24) is 4.31 Å². The lowest BCUT2D eigenvalue weighted by Crippen LogP contribution is -2.46. The van der Waals surface area contributed by atoms with Crippen LogP contribution in [-0.4, -0.2) is 44.0 Å². The van der Waals surface area contributed by atoms with E-state index in [0.717, 1.165) is 31.4 Å². The van der Waals surface area contributed by atoms with Gasteiger partial charge in [0.25, 0.3) is 0 Å². The first-order valence-corrected chi connectivity index (χ1v) is 9.60. The molecule has 0 radical (unpaired) electrons. The molecule has 0 bridgehead atoms. The topological polar surface area (TPSA) is 57.7 Å². The molecule has 6 heteroatoms. The van der Waals surface area contributed by atoms with E-state index >= 15 is 0 Å². The van der Waals surface area contributed by atoms with Crippen LogP contribution in [0, 0.1) is 0 Å². The summed E-state index contributed by atoms with van der Waals surface area (Å²) in [5.41, 5.74) is 0.801. The number of rotatable bonds is 6. The summed E-state index contributed by atoms with van der Waals surface area (Å²) in [6.45, 7) is 2.34. The van der Waals surface area contributed by atoms with Crippen LogP contribution < -0.4 is 4.90 Å². The molecule has 1 aromatic carbocycles. The minimum atomic E-state index is -3.38.